The molecule has 0 heterocycles. The van der Waals surface area contributed by atoms with E-state index in [9.17, 15) is 35.9 Å². The molecule has 0 bridgehead atoms. The maximum Gasteiger partial charge on any atom is 0.434 e. The molecule has 0 saturated carbocycles. The molecule has 0 saturated heterocycles. The Morgan fingerprint density at radius 1 is 0.958 bits per heavy atom. The van der Waals surface area contributed by atoms with Gasteiger partial charge in [-0.3, -0.25) is 0 Å². The minimum absolute atomic E-state index is 0.0379. The summed E-state index contributed by atoms with van der Waals surface area (Å²) in [5.74, 6) is -3.01. The van der Waals surface area contributed by atoms with E-state index >= 15 is 0 Å². The van der Waals surface area contributed by atoms with Gasteiger partial charge in [0.25, 0.3) is 6.10 Å². The average molecular weight is 380 g/mol. The molecule has 0 aliphatic carbocycles. The van der Waals surface area contributed by atoms with Gasteiger partial charge in [0.2, 0.25) is 0 Å². The van der Waals surface area contributed by atoms with E-state index in [1.807, 2.05) is 0 Å². The summed E-state index contributed by atoms with van der Waals surface area (Å²) in [7, 11) is -1.32. The SMILES string of the molecule is C[Si](C)(C)CCCOC(=O)/C=C/C(=O)OC(C(F)(F)F)C(F)(F)F. The zero-order valence-electron chi connectivity index (χ0n) is 13.3. The number of hydrogen-bond acceptors (Lipinski definition) is 4. The predicted molar refractivity (Wildman–Crippen MR) is 74.9 cm³/mol. The van der Waals surface area contributed by atoms with Gasteiger partial charge in [0, 0.05) is 20.2 Å². The summed E-state index contributed by atoms with van der Waals surface area (Å²) in [4.78, 5) is 22.2. The summed E-state index contributed by atoms with van der Waals surface area (Å²) in [6.45, 7) is 6.34. The maximum atomic E-state index is 12.2. The Morgan fingerprint density at radius 3 is 1.83 bits per heavy atom. The van der Waals surface area contributed by atoms with Crippen molar-refractivity contribution >= 4 is 20.0 Å². The number of alkyl halides is 6. The van der Waals surface area contributed by atoms with E-state index < -0.39 is 38.5 Å². The summed E-state index contributed by atoms with van der Waals surface area (Å²) in [6, 6.07) is 0.866. The normalized spacial score (nSPS) is 13.4. The van der Waals surface area contributed by atoms with Crippen LogP contribution in [0.4, 0.5) is 26.3 Å². The molecule has 0 unspecified atom stereocenters. The lowest BCUT2D eigenvalue weighted by atomic mass is 10.3. The van der Waals surface area contributed by atoms with Gasteiger partial charge in [0.15, 0.2) is 0 Å². The lowest BCUT2D eigenvalue weighted by Gasteiger charge is -2.22. The predicted octanol–water partition coefficient (Wildman–Crippen LogP) is 3.85. The Morgan fingerprint density at radius 2 is 1.42 bits per heavy atom. The van der Waals surface area contributed by atoms with Gasteiger partial charge in [-0.25, -0.2) is 9.59 Å². The zero-order valence-corrected chi connectivity index (χ0v) is 14.3. The van der Waals surface area contributed by atoms with Gasteiger partial charge in [-0.1, -0.05) is 25.7 Å². The minimum atomic E-state index is -5.81. The third-order valence-corrected chi connectivity index (χ3v) is 4.35. The Bertz CT molecular complexity index is 451. The monoisotopic (exact) mass is 380 g/mol. The van der Waals surface area contributed by atoms with Crippen molar-refractivity contribution in [2.45, 2.75) is 50.6 Å². The van der Waals surface area contributed by atoms with E-state index in [4.69, 9.17) is 0 Å². The number of carbonyl (C=O) groups is 2. The highest BCUT2D eigenvalue weighted by Gasteiger charge is 2.59. The van der Waals surface area contributed by atoms with Gasteiger partial charge >= 0.3 is 24.3 Å². The first kappa shape index (κ1) is 22.5. The molecule has 0 fully saturated rings. The van der Waals surface area contributed by atoms with Crippen LogP contribution in [-0.4, -0.2) is 45.1 Å². The largest absolute Gasteiger partial charge is 0.463 e. The average Bonchev–Trinajstić information content (AvgIpc) is 2.35. The van der Waals surface area contributed by atoms with E-state index in [1.165, 1.54) is 0 Å². The number of hydrogen-bond donors (Lipinski definition) is 0. The molecule has 0 aliphatic heterocycles. The Labute approximate surface area is 135 Å². The second kappa shape index (κ2) is 8.54. The summed E-state index contributed by atoms with van der Waals surface area (Å²) in [5.41, 5.74) is 0. The topological polar surface area (TPSA) is 52.6 Å². The van der Waals surface area contributed by atoms with Crippen LogP contribution < -0.4 is 0 Å². The highest BCUT2D eigenvalue weighted by Crippen LogP contribution is 2.35. The summed E-state index contributed by atoms with van der Waals surface area (Å²) in [6.07, 6.45) is -14.7. The first-order valence-corrected chi connectivity index (χ1v) is 10.5. The van der Waals surface area contributed by atoms with Crippen LogP contribution in [0, 0.1) is 0 Å². The lowest BCUT2D eigenvalue weighted by molar-refractivity contribution is -0.312. The lowest BCUT2D eigenvalue weighted by Crippen LogP contribution is -2.45. The number of halogens is 6. The van der Waals surface area contributed by atoms with Crippen LogP contribution >= 0.6 is 0 Å². The van der Waals surface area contributed by atoms with Crippen LogP contribution in [0.15, 0.2) is 12.2 Å². The van der Waals surface area contributed by atoms with Crippen molar-refractivity contribution in [3.8, 4) is 0 Å². The molecule has 0 amide bonds. The summed E-state index contributed by atoms with van der Waals surface area (Å²) >= 11 is 0. The van der Waals surface area contributed by atoms with Crippen LogP contribution in [0.3, 0.4) is 0 Å². The van der Waals surface area contributed by atoms with Crippen LogP contribution in [0.5, 0.6) is 0 Å². The summed E-state index contributed by atoms with van der Waals surface area (Å²) in [5, 5.41) is 0. The molecule has 4 nitrogen and oxygen atoms in total. The van der Waals surface area contributed by atoms with Gasteiger partial charge in [-0.15, -0.1) is 0 Å². The molecule has 140 valence electrons. The highest BCUT2D eigenvalue weighted by atomic mass is 28.3. The van der Waals surface area contributed by atoms with E-state index in [0.717, 1.165) is 6.04 Å². The van der Waals surface area contributed by atoms with E-state index in [1.54, 1.807) is 0 Å². The standard InChI is InChI=1S/C13H18F6O4Si/c1-24(2,3)8-4-7-22-9(20)5-6-10(21)23-11(12(14,15)16)13(17,18)19/h5-6,11H,4,7-8H2,1-3H3/b6-5+. The number of esters is 2. The molecule has 0 aromatic carbocycles. The highest BCUT2D eigenvalue weighted by molar-refractivity contribution is 6.76. The van der Waals surface area contributed by atoms with E-state index in [0.29, 0.717) is 12.5 Å². The molecule has 0 spiro atoms. The molecule has 0 N–H and O–H groups in total. The van der Waals surface area contributed by atoms with Crippen LogP contribution in [0.2, 0.25) is 25.7 Å². The molecule has 0 aliphatic rings. The van der Waals surface area contributed by atoms with Gasteiger partial charge < -0.3 is 9.47 Å². The van der Waals surface area contributed by atoms with Crippen molar-refractivity contribution in [2.24, 2.45) is 0 Å². The second-order valence-electron chi connectivity index (χ2n) is 6.07. The van der Waals surface area contributed by atoms with Gasteiger partial charge in [0.05, 0.1) is 6.61 Å². The molecule has 0 aromatic heterocycles. The number of carbonyl (C=O) groups excluding carboxylic acids is 2. The fraction of sp³-hybridized carbons (Fsp3) is 0.692. The number of rotatable bonds is 7. The molecule has 0 aromatic rings. The Balaban J connectivity index is 4.44. The molecular weight excluding hydrogens is 362 g/mol. The molecule has 0 radical (unpaired) electrons. The quantitative estimate of drug-likeness (QED) is 0.221. The second-order valence-corrected chi connectivity index (χ2v) is 11.7. The van der Waals surface area contributed by atoms with Gasteiger partial charge in [-0.05, 0) is 6.42 Å². The van der Waals surface area contributed by atoms with E-state index in [-0.39, 0.29) is 12.7 Å². The van der Waals surface area contributed by atoms with Crippen molar-refractivity contribution in [3.05, 3.63) is 12.2 Å². The molecule has 0 rings (SSSR count). The van der Waals surface area contributed by atoms with Crippen LogP contribution in [-0.2, 0) is 19.1 Å². The molecule has 0 atom stereocenters. The third kappa shape index (κ3) is 10.3. The molecule has 11 heteroatoms. The van der Waals surface area contributed by atoms with Crippen molar-refractivity contribution in [3.63, 3.8) is 0 Å². The zero-order chi connectivity index (χ0) is 19.2. The number of ether oxygens (including phenoxy) is 2. The van der Waals surface area contributed by atoms with Crippen molar-refractivity contribution in [1.82, 2.24) is 0 Å². The third-order valence-electron chi connectivity index (χ3n) is 2.50. The van der Waals surface area contributed by atoms with Crippen molar-refractivity contribution in [1.29, 1.82) is 0 Å². The van der Waals surface area contributed by atoms with Crippen LogP contribution in [0.1, 0.15) is 6.42 Å². The van der Waals surface area contributed by atoms with Crippen LogP contribution in [0.25, 0.3) is 0 Å². The minimum Gasteiger partial charge on any atom is -0.463 e. The van der Waals surface area contributed by atoms with Gasteiger partial charge in [-0.2, -0.15) is 26.3 Å². The Hall–Kier alpha value is -1.52. The first-order chi connectivity index (χ1) is 10.6. The van der Waals surface area contributed by atoms with Crippen molar-refractivity contribution in [2.75, 3.05) is 6.61 Å². The fourth-order valence-electron chi connectivity index (χ4n) is 1.43. The summed E-state index contributed by atoms with van der Waals surface area (Å²) < 4.78 is 81.0. The Kier molecular flexibility index (Phi) is 8.00. The maximum absolute atomic E-state index is 12.2. The molecule has 24 heavy (non-hydrogen) atoms. The van der Waals surface area contributed by atoms with E-state index in [2.05, 4.69) is 29.1 Å². The smallest absolute Gasteiger partial charge is 0.434 e. The molecular formula is C13H18F6O4Si. The fourth-order valence-corrected chi connectivity index (χ4v) is 2.64. The van der Waals surface area contributed by atoms with Crippen molar-refractivity contribution < 1.29 is 45.4 Å². The first-order valence-electron chi connectivity index (χ1n) is 6.82. The van der Waals surface area contributed by atoms with Gasteiger partial charge in [0.1, 0.15) is 0 Å².